The number of carbonyl (C=O) groups is 2. The van der Waals surface area contributed by atoms with Crippen molar-refractivity contribution in [2.45, 2.75) is 64.5 Å². The van der Waals surface area contributed by atoms with Crippen LogP contribution in [0.25, 0.3) is 11.0 Å². The minimum atomic E-state index is -0.437. The second-order valence-electron chi connectivity index (χ2n) is 11.3. The first-order valence-corrected chi connectivity index (χ1v) is 14.1. The summed E-state index contributed by atoms with van der Waals surface area (Å²) in [7, 11) is 3.45. The van der Waals surface area contributed by atoms with Gasteiger partial charge in [0.25, 0.3) is 5.91 Å². The first-order chi connectivity index (χ1) is 18.8. The van der Waals surface area contributed by atoms with Gasteiger partial charge in [0.2, 0.25) is 5.91 Å². The molecule has 1 aliphatic carbocycles. The van der Waals surface area contributed by atoms with Gasteiger partial charge in [-0.3, -0.25) is 14.3 Å². The van der Waals surface area contributed by atoms with Gasteiger partial charge in [-0.25, -0.2) is 9.37 Å². The van der Waals surface area contributed by atoms with Crippen LogP contribution in [0.1, 0.15) is 79.8 Å². The summed E-state index contributed by atoms with van der Waals surface area (Å²) >= 11 is 0. The maximum atomic E-state index is 16.1. The Kier molecular flexibility index (Phi) is 8.02. The van der Waals surface area contributed by atoms with Gasteiger partial charge in [-0.05, 0) is 55.7 Å². The number of rotatable bonds is 7. The molecule has 1 saturated heterocycles. The molecule has 3 aromatic rings. The van der Waals surface area contributed by atoms with Crippen LogP contribution in [0.4, 0.5) is 4.39 Å². The fourth-order valence-corrected chi connectivity index (χ4v) is 6.20. The van der Waals surface area contributed by atoms with Crippen molar-refractivity contribution in [3.8, 4) is 0 Å². The smallest absolute Gasteiger partial charge is 0.270 e. The Bertz CT molecular complexity index is 1330. The zero-order valence-corrected chi connectivity index (χ0v) is 23.2. The highest BCUT2D eigenvalue weighted by molar-refractivity contribution is 5.92. The Morgan fingerprint density at radius 1 is 1.21 bits per heavy atom. The van der Waals surface area contributed by atoms with Crippen molar-refractivity contribution < 1.29 is 18.7 Å². The van der Waals surface area contributed by atoms with E-state index in [-0.39, 0.29) is 47.7 Å². The van der Waals surface area contributed by atoms with E-state index in [1.54, 1.807) is 42.0 Å². The van der Waals surface area contributed by atoms with Gasteiger partial charge in [0, 0.05) is 45.3 Å². The molecule has 2 amide bonds. The van der Waals surface area contributed by atoms with Crippen molar-refractivity contribution in [2.24, 2.45) is 17.8 Å². The van der Waals surface area contributed by atoms with E-state index in [9.17, 15) is 9.59 Å². The minimum absolute atomic E-state index is 0.0221. The molecule has 10 heteroatoms. The van der Waals surface area contributed by atoms with Gasteiger partial charge in [-0.2, -0.15) is 5.10 Å². The van der Waals surface area contributed by atoms with Crippen LogP contribution in [0, 0.1) is 23.6 Å². The molecule has 1 saturated carbocycles. The predicted molar refractivity (Wildman–Crippen MR) is 146 cm³/mol. The monoisotopic (exact) mass is 538 g/mol. The Hall–Kier alpha value is -3.27. The summed E-state index contributed by atoms with van der Waals surface area (Å²) in [5, 5.41) is 7.44. The Labute approximate surface area is 228 Å². The van der Waals surface area contributed by atoms with Gasteiger partial charge in [-0.15, -0.1) is 0 Å². The number of aromatic nitrogens is 4. The molecule has 210 valence electrons. The van der Waals surface area contributed by atoms with Gasteiger partial charge in [-0.1, -0.05) is 25.8 Å². The Balaban J connectivity index is 1.49. The number of imidazole rings is 1. The van der Waals surface area contributed by atoms with Gasteiger partial charge in [0.05, 0.1) is 18.2 Å². The highest BCUT2D eigenvalue weighted by Gasteiger charge is 2.37. The topological polar surface area (TPSA) is 105 Å². The summed E-state index contributed by atoms with van der Waals surface area (Å²) in [5.74, 6) is -0.0343. The number of halogens is 1. The van der Waals surface area contributed by atoms with Crippen LogP contribution in [0.3, 0.4) is 0 Å². The molecule has 2 N–H and O–H groups in total. The predicted octanol–water partition coefficient (Wildman–Crippen LogP) is 4.42. The van der Waals surface area contributed by atoms with E-state index < -0.39 is 5.82 Å². The molecular weight excluding hydrogens is 499 g/mol. The number of ether oxygens (including phenoxy) is 1. The van der Waals surface area contributed by atoms with Crippen LogP contribution in [0.5, 0.6) is 0 Å². The van der Waals surface area contributed by atoms with Gasteiger partial charge in [0.15, 0.2) is 5.82 Å². The van der Waals surface area contributed by atoms with E-state index >= 15 is 4.39 Å². The number of amides is 2. The second-order valence-corrected chi connectivity index (χ2v) is 11.3. The number of aromatic amines is 1. The van der Waals surface area contributed by atoms with Crippen molar-refractivity contribution in [2.75, 3.05) is 27.3 Å². The summed E-state index contributed by atoms with van der Waals surface area (Å²) in [5.41, 5.74) is 1.73. The zero-order chi connectivity index (χ0) is 27.7. The molecule has 1 aromatic carbocycles. The van der Waals surface area contributed by atoms with Crippen LogP contribution < -0.4 is 5.32 Å². The lowest BCUT2D eigenvalue weighted by Crippen LogP contribution is -2.38. The molecule has 0 spiro atoms. The molecular formula is C29H39FN6O3. The van der Waals surface area contributed by atoms with E-state index in [0.717, 1.165) is 25.7 Å². The normalized spacial score (nSPS) is 24.4. The SMILES string of the molecule is CCn1nccc1C(=O)N[C@H](c1nc2c(F)c(C3COCCC3C(=O)N(C)C)ccc2[nH]1)C1CCC(C)CC1. The molecule has 1 aliphatic heterocycles. The second kappa shape index (κ2) is 11.5. The Morgan fingerprint density at radius 2 is 1.97 bits per heavy atom. The number of nitrogens with one attached hydrogen (secondary N) is 2. The number of benzene rings is 1. The number of carbonyl (C=O) groups excluding carboxylic acids is 2. The third kappa shape index (κ3) is 5.44. The first kappa shape index (κ1) is 27.3. The molecule has 0 radical (unpaired) electrons. The summed E-state index contributed by atoms with van der Waals surface area (Å²) in [6.45, 7) is 5.55. The third-order valence-corrected chi connectivity index (χ3v) is 8.52. The van der Waals surface area contributed by atoms with Crippen molar-refractivity contribution in [1.82, 2.24) is 30.0 Å². The number of hydrogen-bond acceptors (Lipinski definition) is 5. The molecule has 9 nitrogen and oxygen atoms in total. The summed E-state index contributed by atoms with van der Waals surface area (Å²) in [4.78, 5) is 35.8. The third-order valence-electron chi connectivity index (χ3n) is 8.52. The molecule has 2 aromatic heterocycles. The Morgan fingerprint density at radius 3 is 2.69 bits per heavy atom. The number of hydrogen-bond donors (Lipinski definition) is 2. The van der Waals surface area contributed by atoms with Crippen LogP contribution in [-0.4, -0.2) is 63.8 Å². The number of fused-ring (bicyclic) bond motifs is 1. The maximum Gasteiger partial charge on any atom is 0.270 e. The summed E-state index contributed by atoms with van der Waals surface area (Å²) in [6.07, 6.45) is 6.23. The van der Waals surface area contributed by atoms with Gasteiger partial charge < -0.3 is 19.9 Å². The number of nitrogens with zero attached hydrogens (tertiary/aromatic N) is 4. The van der Waals surface area contributed by atoms with Crippen molar-refractivity contribution in [1.29, 1.82) is 0 Å². The first-order valence-electron chi connectivity index (χ1n) is 14.1. The quantitative estimate of drug-likeness (QED) is 0.463. The lowest BCUT2D eigenvalue weighted by atomic mass is 9.79. The van der Waals surface area contributed by atoms with E-state index in [0.29, 0.717) is 48.1 Å². The van der Waals surface area contributed by atoms with Crippen molar-refractivity contribution in [3.05, 3.63) is 47.3 Å². The van der Waals surface area contributed by atoms with Crippen LogP contribution in [-0.2, 0) is 16.1 Å². The van der Waals surface area contributed by atoms with Crippen molar-refractivity contribution >= 4 is 22.8 Å². The summed E-state index contributed by atoms with van der Waals surface area (Å²) < 4.78 is 23.4. The van der Waals surface area contributed by atoms with Gasteiger partial charge in [0.1, 0.15) is 17.0 Å². The zero-order valence-electron chi connectivity index (χ0n) is 23.2. The highest BCUT2D eigenvalue weighted by Crippen LogP contribution is 2.39. The fourth-order valence-electron chi connectivity index (χ4n) is 6.20. The minimum Gasteiger partial charge on any atom is -0.381 e. The van der Waals surface area contributed by atoms with Crippen molar-refractivity contribution in [3.63, 3.8) is 0 Å². The molecule has 2 fully saturated rings. The highest BCUT2D eigenvalue weighted by atomic mass is 19.1. The lowest BCUT2D eigenvalue weighted by Gasteiger charge is -2.32. The molecule has 3 heterocycles. The lowest BCUT2D eigenvalue weighted by molar-refractivity contribution is -0.137. The van der Waals surface area contributed by atoms with E-state index in [1.165, 1.54) is 0 Å². The number of aryl methyl sites for hydroxylation is 1. The molecule has 2 unspecified atom stereocenters. The largest absolute Gasteiger partial charge is 0.381 e. The van der Waals surface area contributed by atoms with E-state index in [4.69, 9.17) is 9.72 Å². The maximum absolute atomic E-state index is 16.1. The van der Waals surface area contributed by atoms with E-state index in [1.807, 2.05) is 13.0 Å². The molecule has 39 heavy (non-hydrogen) atoms. The molecule has 5 rings (SSSR count). The molecule has 0 bridgehead atoms. The standard InChI is InChI=1S/C29H39FN6O3/c1-5-36-23(12-14-31-36)28(37)34-25(18-8-6-17(2)7-9-18)27-32-22-11-10-19(24(30)26(22)33-27)21-16-39-15-13-20(21)29(38)35(3)4/h10-12,14,17-18,20-21,25H,5-9,13,15-16H2,1-4H3,(H,32,33)(H,34,37)/t17?,18?,20?,21?,25-/m0/s1. The van der Waals surface area contributed by atoms with Crippen LogP contribution in [0.2, 0.25) is 0 Å². The average molecular weight is 539 g/mol. The number of H-pyrrole nitrogens is 1. The van der Waals surface area contributed by atoms with Gasteiger partial charge >= 0.3 is 0 Å². The fraction of sp³-hybridized carbons (Fsp3) is 0.586. The molecule has 3 atom stereocenters. The average Bonchev–Trinajstić information content (AvgIpc) is 3.60. The van der Waals surface area contributed by atoms with E-state index in [2.05, 4.69) is 22.3 Å². The van der Waals surface area contributed by atoms with Crippen LogP contribution in [0.15, 0.2) is 24.4 Å². The van der Waals surface area contributed by atoms with Crippen LogP contribution >= 0.6 is 0 Å². The summed E-state index contributed by atoms with van der Waals surface area (Å²) in [6, 6.07) is 4.89. The molecule has 2 aliphatic rings.